The average molecular weight is 318 g/mol. The van der Waals surface area contributed by atoms with Crippen molar-refractivity contribution in [2.75, 3.05) is 0 Å². The van der Waals surface area contributed by atoms with E-state index in [2.05, 4.69) is 4.72 Å². The molecule has 1 aromatic carbocycles. The molecule has 0 saturated carbocycles. The summed E-state index contributed by atoms with van der Waals surface area (Å²) in [7, 11) is -4.04. The zero-order chi connectivity index (χ0) is 16.2. The number of hydrogen-bond acceptors (Lipinski definition) is 6. The van der Waals surface area contributed by atoms with Crippen LogP contribution < -0.4 is 4.72 Å². The fourth-order valence-corrected chi connectivity index (χ4v) is 2.85. The molecule has 1 atom stereocenters. The molecule has 3 N–H and O–H groups in total. The van der Waals surface area contributed by atoms with Crippen LogP contribution in [-0.4, -0.2) is 35.6 Å². The molecule has 0 heterocycles. The van der Waals surface area contributed by atoms with Gasteiger partial charge in [0.25, 0.3) is 0 Å². The van der Waals surface area contributed by atoms with Gasteiger partial charge in [0.1, 0.15) is 0 Å². The molecule has 0 amide bonds. The predicted molar refractivity (Wildman–Crippen MR) is 71.4 cm³/mol. The molecule has 0 fully saturated rings. The fourth-order valence-electron chi connectivity index (χ4n) is 1.55. The number of nitro benzene ring substituents is 1. The van der Waals surface area contributed by atoms with Gasteiger partial charge in [-0.2, -0.15) is 0 Å². The zero-order valence-electron chi connectivity index (χ0n) is 11.0. The first-order chi connectivity index (χ1) is 9.63. The van der Waals surface area contributed by atoms with Crippen LogP contribution in [0.1, 0.15) is 19.8 Å². The van der Waals surface area contributed by atoms with Gasteiger partial charge in [-0.25, -0.2) is 13.1 Å². The van der Waals surface area contributed by atoms with Crippen molar-refractivity contribution < 1.29 is 28.3 Å². The van der Waals surface area contributed by atoms with Gasteiger partial charge in [-0.1, -0.05) is 0 Å². The van der Waals surface area contributed by atoms with E-state index in [0.29, 0.717) is 0 Å². The molecule has 9 nitrogen and oxygen atoms in total. The maximum Gasteiger partial charge on any atom is 0.312 e. The molecule has 116 valence electrons. The lowest BCUT2D eigenvalue weighted by atomic mass is 10.2. The number of benzene rings is 1. The average Bonchev–Trinajstić information content (AvgIpc) is 2.35. The number of rotatable bonds is 7. The number of nitro groups is 1. The minimum Gasteiger partial charge on any atom is -0.502 e. The number of sulfonamides is 1. The van der Waals surface area contributed by atoms with Crippen LogP contribution in [0.25, 0.3) is 0 Å². The first kappa shape index (κ1) is 16.9. The Bertz CT molecular complexity index is 657. The SMILES string of the molecule is CC(CCC(=O)O)NS(=O)(=O)c1ccc(O)c([N+](=O)[O-])c1. The van der Waals surface area contributed by atoms with Gasteiger partial charge < -0.3 is 10.2 Å². The molecule has 0 bridgehead atoms. The number of carboxylic acids is 1. The minimum atomic E-state index is -4.04. The Morgan fingerprint density at radius 2 is 2.10 bits per heavy atom. The van der Waals surface area contributed by atoms with Gasteiger partial charge in [0.2, 0.25) is 10.0 Å². The molecular weight excluding hydrogens is 304 g/mol. The maximum atomic E-state index is 12.0. The number of carbonyl (C=O) groups is 1. The maximum absolute atomic E-state index is 12.0. The molecule has 0 spiro atoms. The van der Waals surface area contributed by atoms with Gasteiger partial charge >= 0.3 is 11.7 Å². The monoisotopic (exact) mass is 318 g/mol. The standard InChI is InChI=1S/C11H14N2O7S/c1-7(2-5-11(15)16)12-21(19,20)8-3-4-10(14)9(6-8)13(17)18/h3-4,6-7,12,14H,2,5H2,1H3,(H,15,16). The van der Waals surface area contributed by atoms with Crippen molar-refractivity contribution in [3.8, 4) is 5.75 Å². The lowest BCUT2D eigenvalue weighted by Crippen LogP contribution is -2.33. The highest BCUT2D eigenvalue weighted by Crippen LogP contribution is 2.28. The minimum absolute atomic E-state index is 0.0781. The number of nitrogens with zero attached hydrogens (tertiary/aromatic N) is 1. The third-order valence-corrected chi connectivity index (χ3v) is 4.19. The Balaban J connectivity index is 2.95. The Kier molecular flexibility index (Phi) is 5.22. The van der Waals surface area contributed by atoms with Crippen molar-refractivity contribution in [3.63, 3.8) is 0 Å². The second kappa shape index (κ2) is 6.50. The van der Waals surface area contributed by atoms with E-state index >= 15 is 0 Å². The lowest BCUT2D eigenvalue weighted by molar-refractivity contribution is -0.386. The quantitative estimate of drug-likeness (QED) is 0.498. The number of carboxylic acid groups (broad SMARTS) is 1. The van der Waals surface area contributed by atoms with Crippen LogP contribution in [0.4, 0.5) is 5.69 Å². The number of aromatic hydroxyl groups is 1. The Labute approximate surface area is 120 Å². The van der Waals surface area contributed by atoms with E-state index in [4.69, 9.17) is 5.11 Å². The molecule has 1 aromatic rings. The summed E-state index contributed by atoms with van der Waals surface area (Å²) in [5.74, 6) is -1.70. The predicted octanol–water partition coefficient (Wildman–Crippen LogP) is 0.832. The van der Waals surface area contributed by atoms with Crippen LogP contribution in [0.15, 0.2) is 23.1 Å². The van der Waals surface area contributed by atoms with Crippen molar-refractivity contribution >= 4 is 21.7 Å². The first-order valence-electron chi connectivity index (χ1n) is 5.85. The Morgan fingerprint density at radius 3 is 2.62 bits per heavy atom. The second-order valence-corrected chi connectivity index (χ2v) is 6.08. The molecule has 10 heteroatoms. The van der Waals surface area contributed by atoms with Crippen LogP contribution in [0.2, 0.25) is 0 Å². The first-order valence-corrected chi connectivity index (χ1v) is 7.33. The van der Waals surface area contributed by atoms with E-state index < -0.39 is 38.4 Å². The molecule has 1 unspecified atom stereocenters. The molecule has 0 aliphatic heterocycles. The van der Waals surface area contributed by atoms with Crippen molar-refractivity contribution in [1.82, 2.24) is 4.72 Å². The van der Waals surface area contributed by atoms with Gasteiger partial charge in [0, 0.05) is 18.5 Å². The summed E-state index contributed by atoms with van der Waals surface area (Å²) in [6.45, 7) is 1.48. The van der Waals surface area contributed by atoms with Crippen molar-refractivity contribution in [2.45, 2.75) is 30.7 Å². The Morgan fingerprint density at radius 1 is 1.48 bits per heavy atom. The summed E-state index contributed by atoms with van der Waals surface area (Å²) in [4.78, 5) is 19.8. The van der Waals surface area contributed by atoms with Crippen molar-refractivity contribution in [1.29, 1.82) is 0 Å². The summed E-state index contributed by atoms with van der Waals surface area (Å²) < 4.78 is 26.2. The topological polar surface area (TPSA) is 147 Å². The van der Waals surface area contributed by atoms with E-state index in [-0.39, 0.29) is 17.7 Å². The van der Waals surface area contributed by atoms with Crippen LogP contribution >= 0.6 is 0 Å². The van der Waals surface area contributed by atoms with Crippen LogP contribution in [0.5, 0.6) is 5.75 Å². The lowest BCUT2D eigenvalue weighted by Gasteiger charge is -2.13. The third-order valence-electron chi connectivity index (χ3n) is 2.60. The summed E-state index contributed by atoms with van der Waals surface area (Å²) in [6, 6.07) is 2.02. The molecule has 0 aliphatic carbocycles. The zero-order valence-corrected chi connectivity index (χ0v) is 11.8. The number of phenols is 1. The van der Waals surface area contributed by atoms with E-state index in [1.807, 2.05) is 0 Å². The molecule has 0 aromatic heterocycles. The highest BCUT2D eigenvalue weighted by molar-refractivity contribution is 7.89. The fraction of sp³-hybridized carbons (Fsp3) is 0.364. The van der Waals surface area contributed by atoms with Crippen LogP contribution in [-0.2, 0) is 14.8 Å². The van der Waals surface area contributed by atoms with Gasteiger partial charge in [0.15, 0.2) is 5.75 Å². The van der Waals surface area contributed by atoms with E-state index in [1.54, 1.807) is 0 Å². The number of phenolic OH excluding ortho intramolecular Hbond substituents is 1. The summed E-state index contributed by atoms with van der Waals surface area (Å²) in [5, 5.41) is 28.5. The van der Waals surface area contributed by atoms with Gasteiger partial charge in [-0.05, 0) is 25.5 Å². The van der Waals surface area contributed by atoms with E-state index in [0.717, 1.165) is 18.2 Å². The third kappa shape index (κ3) is 4.68. The van der Waals surface area contributed by atoms with Crippen LogP contribution in [0.3, 0.4) is 0 Å². The van der Waals surface area contributed by atoms with Crippen molar-refractivity contribution in [3.05, 3.63) is 28.3 Å². The number of nitrogens with one attached hydrogen (secondary N) is 1. The summed E-state index contributed by atoms with van der Waals surface area (Å²) in [6.07, 6.45) is -0.131. The van der Waals surface area contributed by atoms with Gasteiger partial charge in [-0.3, -0.25) is 14.9 Å². The van der Waals surface area contributed by atoms with Crippen LogP contribution in [0, 0.1) is 10.1 Å². The Hall–Kier alpha value is -2.20. The van der Waals surface area contributed by atoms with Crippen molar-refractivity contribution in [2.24, 2.45) is 0 Å². The highest BCUT2D eigenvalue weighted by Gasteiger charge is 2.22. The molecule has 0 aliphatic rings. The molecule has 0 radical (unpaired) electrons. The second-order valence-electron chi connectivity index (χ2n) is 4.36. The molecule has 21 heavy (non-hydrogen) atoms. The normalized spacial score (nSPS) is 12.8. The highest BCUT2D eigenvalue weighted by atomic mass is 32.2. The summed E-state index contributed by atoms with van der Waals surface area (Å²) in [5.41, 5.74) is -0.726. The summed E-state index contributed by atoms with van der Waals surface area (Å²) >= 11 is 0. The smallest absolute Gasteiger partial charge is 0.312 e. The van der Waals surface area contributed by atoms with Gasteiger partial charge in [0.05, 0.1) is 9.82 Å². The van der Waals surface area contributed by atoms with E-state index in [1.165, 1.54) is 6.92 Å². The molecular formula is C11H14N2O7S. The molecule has 0 saturated heterocycles. The van der Waals surface area contributed by atoms with E-state index in [9.17, 15) is 28.4 Å². The number of hydrogen-bond donors (Lipinski definition) is 3. The largest absolute Gasteiger partial charge is 0.502 e. The number of aliphatic carboxylic acids is 1. The van der Waals surface area contributed by atoms with Gasteiger partial charge in [-0.15, -0.1) is 0 Å². The molecule has 1 rings (SSSR count).